The molecule has 19 heavy (non-hydrogen) atoms. The van der Waals surface area contributed by atoms with Gasteiger partial charge in [0.1, 0.15) is 11.8 Å². The van der Waals surface area contributed by atoms with Gasteiger partial charge in [0.2, 0.25) is 9.67 Å². The largest absolute Gasteiger partial charge is 0.475 e. The van der Waals surface area contributed by atoms with Crippen molar-refractivity contribution in [1.82, 2.24) is 4.98 Å². The Kier molecular flexibility index (Phi) is 7.55. The number of hydrogen-bond acceptors (Lipinski definition) is 3. The van der Waals surface area contributed by atoms with E-state index in [1.165, 1.54) is 6.07 Å². The standard InChI is InChI=1S/C12H15Cl4NO2/c1-2-3-4-18-5-6-19-11-8-9(12(14,15)16)7-10(13)17-11/h7-8H,2-6H2,1H3. The van der Waals surface area contributed by atoms with Crippen LogP contribution in [0.15, 0.2) is 12.1 Å². The van der Waals surface area contributed by atoms with Crippen LogP contribution in [0.2, 0.25) is 5.15 Å². The minimum Gasteiger partial charge on any atom is -0.475 e. The van der Waals surface area contributed by atoms with Crippen LogP contribution in [-0.2, 0) is 8.53 Å². The van der Waals surface area contributed by atoms with Crippen molar-refractivity contribution in [3.63, 3.8) is 0 Å². The molecule has 0 bridgehead atoms. The Labute approximate surface area is 133 Å². The molecule has 1 heterocycles. The lowest BCUT2D eigenvalue weighted by Gasteiger charge is -2.13. The number of alkyl halides is 3. The zero-order chi connectivity index (χ0) is 14.3. The maximum absolute atomic E-state index is 5.84. The van der Waals surface area contributed by atoms with E-state index in [0.29, 0.717) is 24.7 Å². The van der Waals surface area contributed by atoms with E-state index >= 15 is 0 Å². The Morgan fingerprint density at radius 3 is 2.53 bits per heavy atom. The normalized spacial score (nSPS) is 11.6. The molecule has 1 rings (SSSR count). The summed E-state index contributed by atoms with van der Waals surface area (Å²) in [5, 5.41) is 0.214. The number of halogens is 4. The number of pyridine rings is 1. The molecule has 0 saturated heterocycles. The van der Waals surface area contributed by atoms with E-state index in [0.717, 1.165) is 19.4 Å². The minimum atomic E-state index is -1.55. The molecular formula is C12H15Cl4NO2. The van der Waals surface area contributed by atoms with Gasteiger partial charge in [0.25, 0.3) is 0 Å². The highest BCUT2D eigenvalue weighted by Crippen LogP contribution is 2.39. The van der Waals surface area contributed by atoms with Gasteiger partial charge in [-0.2, -0.15) is 0 Å². The van der Waals surface area contributed by atoms with Gasteiger partial charge in [-0.05, 0) is 12.5 Å². The van der Waals surface area contributed by atoms with Crippen LogP contribution >= 0.6 is 46.4 Å². The molecule has 108 valence electrons. The first-order valence-electron chi connectivity index (χ1n) is 5.89. The summed E-state index contributed by atoms with van der Waals surface area (Å²) < 4.78 is 9.21. The average molecular weight is 347 g/mol. The Hall–Kier alpha value is 0.0700. The summed E-state index contributed by atoms with van der Waals surface area (Å²) in [6.07, 6.45) is 2.14. The van der Waals surface area contributed by atoms with E-state index in [1.807, 2.05) is 0 Å². The van der Waals surface area contributed by atoms with E-state index in [2.05, 4.69) is 11.9 Å². The van der Waals surface area contributed by atoms with Gasteiger partial charge in [0, 0.05) is 18.2 Å². The number of hydrogen-bond donors (Lipinski definition) is 0. The van der Waals surface area contributed by atoms with Crippen molar-refractivity contribution in [3.8, 4) is 5.88 Å². The average Bonchev–Trinajstić information content (AvgIpc) is 2.32. The smallest absolute Gasteiger partial charge is 0.216 e. The molecule has 0 aliphatic rings. The molecule has 0 amide bonds. The topological polar surface area (TPSA) is 31.4 Å². The molecule has 0 unspecified atom stereocenters. The van der Waals surface area contributed by atoms with Crippen LogP contribution in [0.4, 0.5) is 0 Å². The Bertz CT molecular complexity index is 396. The van der Waals surface area contributed by atoms with Crippen LogP contribution in [0, 0.1) is 0 Å². The van der Waals surface area contributed by atoms with E-state index in [1.54, 1.807) is 6.07 Å². The van der Waals surface area contributed by atoms with Crippen LogP contribution in [0.5, 0.6) is 5.88 Å². The number of unbranched alkanes of at least 4 members (excludes halogenated alkanes) is 1. The maximum atomic E-state index is 5.84. The molecule has 0 spiro atoms. The van der Waals surface area contributed by atoms with Gasteiger partial charge in [0.15, 0.2) is 0 Å². The van der Waals surface area contributed by atoms with Crippen molar-refractivity contribution in [2.45, 2.75) is 23.6 Å². The van der Waals surface area contributed by atoms with Crippen LogP contribution in [0.3, 0.4) is 0 Å². The third kappa shape index (κ3) is 6.87. The second kappa shape index (κ2) is 8.38. The fourth-order valence-electron chi connectivity index (χ4n) is 1.26. The highest BCUT2D eigenvalue weighted by Gasteiger charge is 2.24. The number of nitrogens with zero attached hydrogens (tertiary/aromatic N) is 1. The third-order valence-corrected chi connectivity index (χ3v) is 3.07. The zero-order valence-corrected chi connectivity index (χ0v) is 13.5. The molecule has 0 fully saturated rings. The summed E-state index contributed by atoms with van der Waals surface area (Å²) in [6, 6.07) is 3.03. The molecule has 0 aliphatic heterocycles. The van der Waals surface area contributed by atoms with Gasteiger partial charge in [-0.25, -0.2) is 4.98 Å². The summed E-state index contributed by atoms with van der Waals surface area (Å²) in [5.74, 6) is 0.313. The number of aromatic nitrogens is 1. The molecule has 0 radical (unpaired) electrons. The van der Waals surface area contributed by atoms with Crippen molar-refractivity contribution < 1.29 is 9.47 Å². The maximum Gasteiger partial charge on any atom is 0.216 e. The second-order valence-corrected chi connectivity index (χ2v) is 6.50. The van der Waals surface area contributed by atoms with Gasteiger partial charge < -0.3 is 9.47 Å². The van der Waals surface area contributed by atoms with Crippen LogP contribution in [0.25, 0.3) is 0 Å². The summed E-state index contributed by atoms with van der Waals surface area (Å²) in [7, 11) is 0. The molecule has 1 aromatic heterocycles. The van der Waals surface area contributed by atoms with E-state index < -0.39 is 3.79 Å². The van der Waals surface area contributed by atoms with Crippen molar-refractivity contribution in [3.05, 3.63) is 22.8 Å². The molecule has 1 aromatic rings. The van der Waals surface area contributed by atoms with E-state index in [-0.39, 0.29) is 5.15 Å². The monoisotopic (exact) mass is 345 g/mol. The first kappa shape index (κ1) is 17.1. The van der Waals surface area contributed by atoms with Gasteiger partial charge in [-0.3, -0.25) is 0 Å². The Morgan fingerprint density at radius 1 is 1.16 bits per heavy atom. The number of ether oxygens (including phenoxy) is 2. The first-order chi connectivity index (χ1) is 8.93. The lowest BCUT2D eigenvalue weighted by atomic mass is 10.3. The fraction of sp³-hybridized carbons (Fsp3) is 0.583. The number of rotatable bonds is 7. The zero-order valence-electron chi connectivity index (χ0n) is 10.5. The highest BCUT2D eigenvalue weighted by atomic mass is 35.6. The molecule has 0 aliphatic carbocycles. The molecular weight excluding hydrogens is 332 g/mol. The van der Waals surface area contributed by atoms with Gasteiger partial charge >= 0.3 is 0 Å². The predicted octanol–water partition coefficient (Wildman–Crippen LogP) is 4.76. The highest BCUT2D eigenvalue weighted by molar-refractivity contribution is 6.66. The molecule has 3 nitrogen and oxygen atoms in total. The molecule has 0 atom stereocenters. The van der Waals surface area contributed by atoms with Crippen LogP contribution in [0.1, 0.15) is 25.3 Å². The van der Waals surface area contributed by atoms with Crippen molar-refractivity contribution in [2.24, 2.45) is 0 Å². The quantitative estimate of drug-likeness (QED) is 0.405. The summed E-state index contributed by atoms with van der Waals surface area (Å²) in [4.78, 5) is 3.99. The Balaban J connectivity index is 2.48. The molecule has 0 N–H and O–H groups in total. The SMILES string of the molecule is CCCCOCCOc1cc(C(Cl)(Cl)Cl)cc(Cl)n1. The van der Waals surface area contributed by atoms with Gasteiger partial charge in [-0.15, -0.1) is 0 Å². The Morgan fingerprint density at radius 2 is 1.89 bits per heavy atom. The lowest BCUT2D eigenvalue weighted by molar-refractivity contribution is 0.0965. The van der Waals surface area contributed by atoms with Crippen molar-refractivity contribution in [2.75, 3.05) is 19.8 Å². The van der Waals surface area contributed by atoms with Gasteiger partial charge in [-0.1, -0.05) is 59.7 Å². The summed E-state index contributed by atoms with van der Waals surface area (Å²) in [6.45, 7) is 3.68. The first-order valence-corrected chi connectivity index (χ1v) is 7.40. The molecule has 7 heteroatoms. The second-order valence-electron chi connectivity index (χ2n) is 3.83. The van der Waals surface area contributed by atoms with E-state index in [9.17, 15) is 0 Å². The van der Waals surface area contributed by atoms with Crippen LogP contribution in [-0.4, -0.2) is 24.8 Å². The summed E-state index contributed by atoms with van der Waals surface area (Å²) >= 11 is 23.2. The third-order valence-electron chi connectivity index (χ3n) is 2.22. The fourth-order valence-corrected chi connectivity index (χ4v) is 1.79. The molecule has 0 saturated carbocycles. The minimum absolute atomic E-state index is 0.214. The van der Waals surface area contributed by atoms with Crippen LogP contribution < -0.4 is 4.74 Å². The van der Waals surface area contributed by atoms with E-state index in [4.69, 9.17) is 55.9 Å². The summed E-state index contributed by atoms with van der Waals surface area (Å²) in [5.41, 5.74) is 0.416. The molecule has 0 aromatic carbocycles. The van der Waals surface area contributed by atoms with Crippen molar-refractivity contribution in [1.29, 1.82) is 0 Å². The van der Waals surface area contributed by atoms with Crippen molar-refractivity contribution >= 4 is 46.4 Å². The predicted molar refractivity (Wildman–Crippen MR) is 79.7 cm³/mol. The lowest BCUT2D eigenvalue weighted by Crippen LogP contribution is -2.09. The van der Waals surface area contributed by atoms with Gasteiger partial charge in [0.05, 0.1) is 6.61 Å².